The third-order valence-corrected chi connectivity index (χ3v) is 5.10. The SMILES string of the molecule is CN=C(NCCc1c[nH]c2cc(F)ccc12)NCC1(CCO)CCOC1.I. The second kappa shape index (κ2) is 10.2. The zero-order chi connectivity index (χ0) is 18.4. The van der Waals surface area contributed by atoms with Crippen LogP contribution in [-0.4, -0.2) is 56.0 Å². The maximum absolute atomic E-state index is 13.3. The van der Waals surface area contributed by atoms with Gasteiger partial charge in [0, 0.05) is 55.9 Å². The van der Waals surface area contributed by atoms with Gasteiger partial charge in [-0.2, -0.15) is 0 Å². The van der Waals surface area contributed by atoms with Gasteiger partial charge in [0.05, 0.1) is 6.61 Å². The number of ether oxygens (including phenoxy) is 1. The Morgan fingerprint density at radius 2 is 2.26 bits per heavy atom. The molecule has 1 atom stereocenters. The van der Waals surface area contributed by atoms with Crippen molar-refractivity contribution in [3.05, 3.63) is 35.8 Å². The summed E-state index contributed by atoms with van der Waals surface area (Å²) in [6, 6.07) is 4.80. The second-order valence-electron chi connectivity index (χ2n) is 6.88. The molecule has 0 saturated carbocycles. The number of guanidine groups is 1. The molecule has 1 unspecified atom stereocenters. The number of benzene rings is 1. The normalized spacial score (nSPS) is 19.9. The Hall–Kier alpha value is -1.39. The Kier molecular flexibility index (Phi) is 8.30. The molecule has 3 rings (SSSR count). The first kappa shape index (κ1) is 21.9. The minimum atomic E-state index is -0.235. The molecule has 0 aliphatic carbocycles. The monoisotopic (exact) mass is 490 g/mol. The van der Waals surface area contributed by atoms with Crippen LogP contribution in [0.5, 0.6) is 0 Å². The Morgan fingerprint density at radius 1 is 1.41 bits per heavy atom. The van der Waals surface area contributed by atoms with Gasteiger partial charge in [0.15, 0.2) is 5.96 Å². The maximum atomic E-state index is 13.3. The van der Waals surface area contributed by atoms with E-state index in [2.05, 4.69) is 20.6 Å². The highest BCUT2D eigenvalue weighted by atomic mass is 127. The number of rotatable bonds is 7. The highest BCUT2D eigenvalue weighted by Gasteiger charge is 2.34. The average molecular weight is 490 g/mol. The summed E-state index contributed by atoms with van der Waals surface area (Å²) in [7, 11) is 1.74. The molecule has 27 heavy (non-hydrogen) atoms. The molecular weight excluding hydrogens is 462 g/mol. The minimum Gasteiger partial charge on any atom is -0.396 e. The third kappa shape index (κ3) is 5.55. The van der Waals surface area contributed by atoms with Gasteiger partial charge in [-0.1, -0.05) is 0 Å². The van der Waals surface area contributed by atoms with Crippen molar-refractivity contribution in [2.75, 3.05) is 40.0 Å². The molecule has 0 bridgehead atoms. The maximum Gasteiger partial charge on any atom is 0.191 e. The van der Waals surface area contributed by atoms with Crippen molar-refractivity contribution in [2.24, 2.45) is 10.4 Å². The van der Waals surface area contributed by atoms with Crippen LogP contribution in [0.1, 0.15) is 18.4 Å². The fraction of sp³-hybridized carbons (Fsp3) is 0.526. The first-order valence-corrected chi connectivity index (χ1v) is 9.04. The molecule has 1 aliphatic rings. The summed E-state index contributed by atoms with van der Waals surface area (Å²) in [5.74, 6) is 0.501. The van der Waals surface area contributed by atoms with Crippen LogP contribution in [0.15, 0.2) is 29.4 Å². The van der Waals surface area contributed by atoms with Crippen molar-refractivity contribution in [3.8, 4) is 0 Å². The van der Waals surface area contributed by atoms with E-state index >= 15 is 0 Å². The molecule has 0 spiro atoms. The zero-order valence-corrected chi connectivity index (χ0v) is 17.9. The first-order chi connectivity index (χ1) is 12.7. The second-order valence-corrected chi connectivity index (χ2v) is 6.88. The largest absolute Gasteiger partial charge is 0.396 e. The molecule has 1 saturated heterocycles. The van der Waals surface area contributed by atoms with Crippen molar-refractivity contribution in [1.82, 2.24) is 15.6 Å². The highest BCUT2D eigenvalue weighted by Crippen LogP contribution is 2.31. The van der Waals surface area contributed by atoms with E-state index in [4.69, 9.17) is 4.74 Å². The number of aliphatic hydroxyl groups excluding tert-OH is 1. The molecule has 1 aliphatic heterocycles. The molecule has 1 aromatic carbocycles. The lowest BCUT2D eigenvalue weighted by Gasteiger charge is -2.27. The summed E-state index contributed by atoms with van der Waals surface area (Å²) in [6.45, 7) is 3.02. The number of hydrogen-bond donors (Lipinski definition) is 4. The van der Waals surface area contributed by atoms with Crippen LogP contribution in [0.2, 0.25) is 0 Å². The van der Waals surface area contributed by atoms with E-state index in [0.717, 1.165) is 54.8 Å². The van der Waals surface area contributed by atoms with Crippen molar-refractivity contribution >= 4 is 40.8 Å². The molecule has 0 amide bonds. The fourth-order valence-electron chi connectivity index (χ4n) is 3.48. The number of nitrogens with zero attached hydrogens (tertiary/aromatic N) is 1. The number of aliphatic imine (C=N–C) groups is 1. The number of hydrogen-bond acceptors (Lipinski definition) is 3. The fourth-order valence-corrected chi connectivity index (χ4v) is 3.48. The first-order valence-electron chi connectivity index (χ1n) is 9.04. The number of H-pyrrole nitrogens is 1. The van der Waals surface area contributed by atoms with Crippen molar-refractivity contribution < 1.29 is 14.2 Å². The van der Waals surface area contributed by atoms with E-state index in [1.54, 1.807) is 7.05 Å². The third-order valence-electron chi connectivity index (χ3n) is 5.10. The van der Waals surface area contributed by atoms with Crippen molar-refractivity contribution in [3.63, 3.8) is 0 Å². The van der Waals surface area contributed by atoms with Gasteiger partial charge in [0.1, 0.15) is 5.82 Å². The van der Waals surface area contributed by atoms with E-state index in [1.165, 1.54) is 12.1 Å². The number of aliphatic hydroxyl groups is 1. The van der Waals surface area contributed by atoms with Crippen LogP contribution in [0.3, 0.4) is 0 Å². The molecule has 2 aromatic rings. The predicted molar refractivity (Wildman–Crippen MR) is 116 cm³/mol. The zero-order valence-electron chi connectivity index (χ0n) is 15.6. The van der Waals surface area contributed by atoms with Gasteiger partial charge in [0.25, 0.3) is 0 Å². The lowest BCUT2D eigenvalue weighted by Crippen LogP contribution is -2.45. The molecular formula is C19H28FIN4O2. The smallest absolute Gasteiger partial charge is 0.191 e. The van der Waals surface area contributed by atoms with E-state index in [1.807, 2.05) is 12.3 Å². The molecule has 1 aromatic heterocycles. The summed E-state index contributed by atoms with van der Waals surface area (Å²) in [5.41, 5.74) is 1.94. The number of aromatic nitrogens is 1. The van der Waals surface area contributed by atoms with Crippen LogP contribution < -0.4 is 10.6 Å². The van der Waals surface area contributed by atoms with Crippen LogP contribution in [0, 0.1) is 11.2 Å². The average Bonchev–Trinajstić information content (AvgIpc) is 3.25. The molecule has 4 N–H and O–H groups in total. The molecule has 150 valence electrons. The van der Waals surface area contributed by atoms with E-state index < -0.39 is 0 Å². The summed E-state index contributed by atoms with van der Waals surface area (Å²) < 4.78 is 18.8. The lowest BCUT2D eigenvalue weighted by atomic mass is 9.84. The quantitative estimate of drug-likeness (QED) is 0.273. The number of fused-ring (bicyclic) bond motifs is 1. The van der Waals surface area contributed by atoms with Gasteiger partial charge >= 0.3 is 0 Å². The van der Waals surface area contributed by atoms with Crippen LogP contribution in [0.4, 0.5) is 4.39 Å². The van der Waals surface area contributed by atoms with Gasteiger partial charge in [-0.05, 0) is 43.0 Å². The Labute approximate surface area is 176 Å². The Morgan fingerprint density at radius 3 is 2.96 bits per heavy atom. The van der Waals surface area contributed by atoms with Crippen LogP contribution in [0.25, 0.3) is 10.9 Å². The summed E-state index contributed by atoms with van der Waals surface area (Å²) in [4.78, 5) is 7.38. The van der Waals surface area contributed by atoms with E-state index in [0.29, 0.717) is 13.2 Å². The number of aromatic amines is 1. The standard InChI is InChI=1S/C19H27FN4O2.HI/c1-21-18(24-12-19(5-8-25)6-9-26-13-19)22-7-4-14-11-23-17-10-15(20)2-3-16(14)17;/h2-3,10-11,23,25H,4-9,12-13H2,1H3,(H2,21,22,24);1H. The van der Waals surface area contributed by atoms with E-state index in [9.17, 15) is 9.50 Å². The highest BCUT2D eigenvalue weighted by molar-refractivity contribution is 14.0. The summed E-state index contributed by atoms with van der Waals surface area (Å²) in [6.07, 6.45) is 4.40. The van der Waals surface area contributed by atoms with Gasteiger partial charge in [-0.15, -0.1) is 24.0 Å². The lowest BCUT2D eigenvalue weighted by molar-refractivity contribution is 0.127. The summed E-state index contributed by atoms with van der Waals surface area (Å²) in [5, 5.41) is 17.0. The van der Waals surface area contributed by atoms with Gasteiger partial charge in [-0.25, -0.2) is 4.39 Å². The molecule has 6 nitrogen and oxygen atoms in total. The topological polar surface area (TPSA) is 81.7 Å². The minimum absolute atomic E-state index is 0. The molecule has 8 heteroatoms. The van der Waals surface area contributed by atoms with Crippen LogP contribution in [-0.2, 0) is 11.2 Å². The van der Waals surface area contributed by atoms with Crippen LogP contribution >= 0.6 is 24.0 Å². The van der Waals surface area contributed by atoms with Gasteiger partial charge in [-0.3, -0.25) is 4.99 Å². The molecule has 0 radical (unpaired) electrons. The van der Waals surface area contributed by atoms with E-state index in [-0.39, 0.29) is 41.8 Å². The molecule has 1 fully saturated rings. The predicted octanol–water partition coefficient (Wildman–Crippen LogP) is 2.42. The summed E-state index contributed by atoms with van der Waals surface area (Å²) >= 11 is 0. The van der Waals surface area contributed by atoms with Crippen molar-refractivity contribution in [2.45, 2.75) is 19.3 Å². The number of nitrogens with one attached hydrogen (secondary N) is 3. The Bertz CT molecular complexity index is 759. The van der Waals surface area contributed by atoms with Gasteiger partial charge < -0.3 is 25.5 Å². The Balaban J connectivity index is 0.00000261. The number of halogens is 2. The molecule has 2 heterocycles. The van der Waals surface area contributed by atoms with Gasteiger partial charge in [0.2, 0.25) is 0 Å². The van der Waals surface area contributed by atoms with Crippen molar-refractivity contribution in [1.29, 1.82) is 0 Å².